The van der Waals surface area contributed by atoms with E-state index in [0.717, 1.165) is 47.2 Å². The van der Waals surface area contributed by atoms with Crippen LogP contribution in [0, 0.1) is 11.8 Å². The molecule has 0 spiro atoms. The summed E-state index contributed by atoms with van der Waals surface area (Å²) in [7, 11) is 0. The molecule has 29 heavy (non-hydrogen) atoms. The SMILES string of the molecule is Clc1cccc(Cl)c1C#Cc1c[nH]c2ncc(-c3cnc4c(c3)CNCC4)cc12. The Morgan fingerprint density at radius 3 is 2.62 bits per heavy atom. The Morgan fingerprint density at radius 2 is 1.76 bits per heavy atom. The van der Waals surface area contributed by atoms with Gasteiger partial charge in [0.05, 0.1) is 21.2 Å². The first-order valence-electron chi connectivity index (χ1n) is 9.31. The van der Waals surface area contributed by atoms with Crippen molar-refractivity contribution in [1.82, 2.24) is 20.3 Å². The Kier molecular flexibility index (Phi) is 4.73. The summed E-state index contributed by atoms with van der Waals surface area (Å²) in [6.45, 7) is 1.83. The number of benzene rings is 1. The van der Waals surface area contributed by atoms with Gasteiger partial charge in [0.25, 0.3) is 0 Å². The summed E-state index contributed by atoms with van der Waals surface area (Å²) >= 11 is 12.5. The molecule has 142 valence electrons. The van der Waals surface area contributed by atoms with Gasteiger partial charge in [-0.05, 0) is 29.8 Å². The molecule has 5 rings (SSSR count). The van der Waals surface area contributed by atoms with Gasteiger partial charge in [-0.1, -0.05) is 41.1 Å². The van der Waals surface area contributed by atoms with E-state index in [1.54, 1.807) is 18.2 Å². The van der Waals surface area contributed by atoms with Crippen LogP contribution in [0.1, 0.15) is 22.4 Å². The highest BCUT2D eigenvalue weighted by Crippen LogP contribution is 2.27. The lowest BCUT2D eigenvalue weighted by Gasteiger charge is -2.16. The molecule has 0 aliphatic carbocycles. The summed E-state index contributed by atoms with van der Waals surface area (Å²) in [5, 5.41) is 5.43. The number of aromatic amines is 1. The summed E-state index contributed by atoms with van der Waals surface area (Å²) in [5.41, 5.74) is 6.74. The van der Waals surface area contributed by atoms with Crippen molar-refractivity contribution in [1.29, 1.82) is 0 Å². The van der Waals surface area contributed by atoms with Gasteiger partial charge in [0.15, 0.2) is 0 Å². The standard InChI is InChI=1S/C23H16Cl2N4/c24-20-2-1-3-21(25)18(20)5-4-14-11-28-23-19(14)9-16(13-29-23)15-8-17-10-26-7-6-22(17)27-12-15/h1-3,8-9,11-13,26H,6-7,10H2,(H,28,29). The zero-order valence-electron chi connectivity index (χ0n) is 15.4. The topological polar surface area (TPSA) is 53.6 Å². The quantitative estimate of drug-likeness (QED) is 0.428. The molecule has 3 aromatic heterocycles. The Balaban J connectivity index is 1.56. The first-order chi connectivity index (χ1) is 14.2. The number of fused-ring (bicyclic) bond motifs is 2. The molecule has 0 amide bonds. The minimum Gasteiger partial charge on any atom is -0.345 e. The van der Waals surface area contributed by atoms with Crippen LogP contribution in [0.5, 0.6) is 0 Å². The number of aromatic nitrogens is 3. The number of pyridine rings is 2. The van der Waals surface area contributed by atoms with E-state index in [1.165, 1.54) is 11.3 Å². The Morgan fingerprint density at radius 1 is 0.966 bits per heavy atom. The van der Waals surface area contributed by atoms with Gasteiger partial charge in [-0.3, -0.25) is 4.98 Å². The minimum atomic E-state index is 0.539. The van der Waals surface area contributed by atoms with Gasteiger partial charge in [0.2, 0.25) is 0 Å². The number of nitrogens with zero attached hydrogens (tertiary/aromatic N) is 2. The molecule has 0 unspecified atom stereocenters. The van der Waals surface area contributed by atoms with Gasteiger partial charge in [0, 0.05) is 60.3 Å². The second-order valence-corrected chi connectivity index (χ2v) is 7.74. The Hall–Kier alpha value is -2.84. The van der Waals surface area contributed by atoms with E-state index in [2.05, 4.69) is 44.2 Å². The van der Waals surface area contributed by atoms with Crippen molar-refractivity contribution in [2.24, 2.45) is 0 Å². The molecule has 0 radical (unpaired) electrons. The van der Waals surface area contributed by atoms with E-state index in [-0.39, 0.29) is 0 Å². The highest BCUT2D eigenvalue weighted by Gasteiger charge is 2.12. The fourth-order valence-corrected chi connectivity index (χ4v) is 4.01. The number of nitrogens with one attached hydrogen (secondary N) is 2. The van der Waals surface area contributed by atoms with Crippen molar-refractivity contribution in [3.05, 3.63) is 81.4 Å². The van der Waals surface area contributed by atoms with Gasteiger partial charge in [0.1, 0.15) is 5.65 Å². The third-order valence-corrected chi connectivity index (χ3v) is 5.69. The maximum atomic E-state index is 6.23. The van der Waals surface area contributed by atoms with Crippen molar-refractivity contribution >= 4 is 34.2 Å². The third-order valence-electron chi connectivity index (χ3n) is 5.06. The van der Waals surface area contributed by atoms with E-state index in [4.69, 9.17) is 23.2 Å². The van der Waals surface area contributed by atoms with Crippen LogP contribution in [-0.4, -0.2) is 21.5 Å². The normalized spacial score (nSPS) is 13.0. The summed E-state index contributed by atoms with van der Waals surface area (Å²) in [6, 6.07) is 9.66. The minimum absolute atomic E-state index is 0.539. The molecule has 2 N–H and O–H groups in total. The van der Waals surface area contributed by atoms with Crippen LogP contribution < -0.4 is 5.32 Å². The summed E-state index contributed by atoms with van der Waals surface area (Å²) in [6.07, 6.45) is 6.61. The largest absolute Gasteiger partial charge is 0.345 e. The predicted octanol–water partition coefficient (Wildman–Crippen LogP) is 4.98. The lowest BCUT2D eigenvalue weighted by Crippen LogP contribution is -2.24. The lowest BCUT2D eigenvalue weighted by molar-refractivity contribution is 0.630. The highest BCUT2D eigenvalue weighted by molar-refractivity contribution is 6.36. The fourth-order valence-electron chi connectivity index (χ4n) is 3.52. The maximum absolute atomic E-state index is 6.23. The van der Waals surface area contributed by atoms with Crippen LogP contribution in [-0.2, 0) is 13.0 Å². The third kappa shape index (κ3) is 3.49. The van der Waals surface area contributed by atoms with Crippen LogP contribution in [0.25, 0.3) is 22.2 Å². The van der Waals surface area contributed by atoms with Crippen molar-refractivity contribution in [2.75, 3.05) is 6.54 Å². The molecule has 0 saturated carbocycles. The van der Waals surface area contributed by atoms with Crippen LogP contribution >= 0.6 is 23.2 Å². The van der Waals surface area contributed by atoms with Gasteiger partial charge in [-0.15, -0.1) is 0 Å². The molecule has 0 bridgehead atoms. The van der Waals surface area contributed by atoms with Crippen LogP contribution in [0.3, 0.4) is 0 Å². The number of hydrogen-bond donors (Lipinski definition) is 2. The smallest absolute Gasteiger partial charge is 0.138 e. The molecular weight excluding hydrogens is 403 g/mol. The second kappa shape index (κ2) is 7.53. The van der Waals surface area contributed by atoms with Crippen molar-refractivity contribution in [3.8, 4) is 23.0 Å². The monoisotopic (exact) mass is 418 g/mol. The molecule has 4 nitrogen and oxygen atoms in total. The molecule has 1 aromatic carbocycles. The van der Waals surface area contributed by atoms with E-state index < -0.39 is 0 Å². The number of rotatable bonds is 1. The highest BCUT2D eigenvalue weighted by atomic mass is 35.5. The average Bonchev–Trinajstić information content (AvgIpc) is 3.15. The molecule has 6 heteroatoms. The van der Waals surface area contributed by atoms with Crippen molar-refractivity contribution in [3.63, 3.8) is 0 Å². The number of hydrogen-bond acceptors (Lipinski definition) is 3. The van der Waals surface area contributed by atoms with Gasteiger partial charge < -0.3 is 10.3 Å². The van der Waals surface area contributed by atoms with Gasteiger partial charge in [-0.2, -0.15) is 0 Å². The van der Waals surface area contributed by atoms with Gasteiger partial charge in [-0.25, -0.2) is 4.98 Å². The summed E-state index contributed by atoms with van der Waals surface area (Å²) in [4.78, 5) is 12.4. The number of halogens is 2. The molecule has 1 aliphatic rings. The van der Waals surface area contributed by atoms with Crippen LogP contribution in [0.15, 0.2) is 48.9 Å². The molecular formula is C23H16Cl2N4. The van der Waals surface area contributed by atoms with E-state index in [9.17, 15) is 0 Å². The molecule has 4 aromatic rings. The second-order valence-electron chi connectivity index (χ2n) is 6.93. The fraction of sp³-hybridized carbons (Fsp3) is 0.130. The molecule has 0 atom stereocenters. The van der Waals surface area contributed by atoms with E-state index in [0.29, 0.717) is 15.6 Å². The number of H-pyrrole nitrogens is 1. The Labute approximate surface area is 178 Å². The van der Waals surface area contributed by atoms with E-state index >= 15 is 0 Å². The molecule has 1 aliphatic heterocycles. The first-order valence-corrected chi connectivity index (χ1v) is 10.1. The maximum Gasteiger partial charge on any atom is 0.138 e. The van der Waals surface area contributed by atoms with Crippen molar-refractivity contribution in [2.45, 2.75) is 13.0 Å². The predicted molar refractivity (Wildman–Crippen MR) is 117 cm³/mol. The summed E-state index contributed by atoms with van der Waals surface area (Å²) in [5.74, 6) is 6.27. The van der Waals surface area contributed by atoms with Gasteiger partial charge >= 0.3 is 0 Å². The zero-order chi connectivity index (χ0) is 19.8. The Bertz CT molecular complexity index is 1280. The van der Waals surface area contributed by atoms with Crippen molar-refractivity contribution < 1.29 is 0 Å². The molecule has 0 fully saturated rings. The summed E-state index contributed by atoms with van der Waals surface area (Å²) < 4.78 is 0. The van der Waals surface area contributed by atoms with Crippen LogP contribution in [0.2, 0.25) is 10.0 Å². The zero-order valence-corrected chi connectivity index (χ0v) is 16.9. The van der Waals surface area contributed by atoms with E-state index in [1.807, 2.05) is 18.6 Å². The molecule has 4 heterocycles. The first kappa shape index (κ1) is 18.2. The molecule has 0 saturated heterocycles. The lowest BCUT2D eigenvalue weighted by atomic mass is 10.0. The average molecular weight is 419 g/mol. The van der Waals surface area contributed by atoms with Crippen LogP contribution in [0.4, 0.5) is 0 Å².